The van der Waals surface area contributed by atoms with Crippen molar-refractivity contribution in [2.24, 2.45) is 0 Å². The molecule has 71 heavy (non-hydrogen) atoms. The Kier molecular flexibility index (Phi) is 15.6. The number of para-hydroxylation sites is 9. The minimum absolute atomic E-state index is 0.202. The predicted molar refractivity (Wildman–Crippen MR) is 272 cm³/mol. The molecule has 0 aliphatic heterocycles. The van der Waals surface area contributed by atoms with Gasteiger partial charge in [0.25, 0.3) is 0 Å². The van der Waals surface area contributed by atoms with Gasteiger partial charge in [0.15, 0.2) is 0 Å². The molecule has 13 nitrogen and oxygen atoms in total. The van der Waals surface area contributed by atoms with E-state index in [1.807, 2.05) is 0 Å². The molecule has 0 fully saturated rings. The first-order valence-corrected chi connectivity index (χ1v) is 28.6. The van der Waals surface area contributed by atoms with Crippen molar-refractivity contribution in [2.75, 3.05) is 0 Å². The van der Waals surface area contributed by atoms with Crippen LogP contribution in [0.5, 0.6) is 51.7 Å². The Morgan fingerprint density at radius 1 is 0.197 bits per heavy atom. The summed E-state index contributed by atoms with van der Waals surface area (Å²) < 4.78 is 99.1. The Bertz CT molecular complexity index is 2390. The summed E-state index contributed by atoms with van der Waals surface area (Å²) in [4.78, 5) is 0. The average Bonchev–Trinajstić information content (AvgIpc) is 3.39. The van der Waals surface area contributed by atoms with Crippen molar-refractivity contribution >= 4 is 35.0 Å². The highest BCUT2D eigenvalue weighted by atomic mass is 31.2. The lowest BCUT2D eigenvalue weighted by Crippen LogP contribution is -2.63. The van der Waals surface area contributed by atoms with E-state index in [1.165, 1.54) is 0 Å². The van der Waals surface area contributed by atoms with Gasteiger partial charge in [-0.05, 0) is 109 Å². The second kappa shape index (κ2) is 23.0. The van der Waals surface area contributed by atoms with Gasteiger partial charge in [0.2, 0.25) is 0 Å². The van der Waals surface area contributed by atoms with Crippen LogP contribution in [0.2, 0.25) is 0 Å². The van der Waals surface area contributed by atoms with Crippen molar-refractivity contribution in [3.8, 4) is 51.7 Å². The van der Waals surface area contributed by atoms with E-state index in [1.54, 1.807) is 273 Å². The third-order valence-corrected chi connectivity index (χ3v) is 19.3. The maximum absolute atomic E-state index is 17.3. The van der Waals surface area contributed by atoms with E-state index >= 15 is 4.57 Å². The molecule has 0 spiro atoms. The summed E-state index contributed by atoms with van der Waals surface area (Å²) >= 11 is 0. The molecular weight excluding hydrogens is 972 g/mol. The van der Waals surface area contributed by atoms with Crippen LogP contribution in [0.25, 0.3) is 0 Å². The number of hydrogen-bond donors (Lipinski definition) is 0. The molecule has 0 heterocycles. The lowest BCUT2D eigenvalue weighted by Gasteiger charge is -2.36. The Balaban J connectivity index is 1.31. The van der Waals surface area contributed by atoms with E-state index < -0.39 is 35.0 Å². The topological polar surface area (TPSA) is 128 Å². The standard InChI is InChI=1S/C54H45O13PSi3/c55-68(65-69(56-46-28-10-1-11-29-46,57-47-30-12-2-13-31-47)58-48-32-14-3-15-33-48,66-70(59-49-34-16-4-17-35-49,60-50-36-18-5-19-37-50)61-51-38-20-6-21-39-51)67-71(62-52-40-22-7-23-41-52,63-53-42-24-8-25-43-53)64-54-44-26-9-27-45-54/h1-45H. The summed E-state index contributed by atoms with van der Waals surface area (Å²) in [5.41, 5.74) is 0. The van der Waals surface area contributed by atoms with Crippen LogP contribution in [0.1, 0.15) is 0 Å². The summed E-state index contributed by atoms with van der Waals surface area (Å²) in [5, 5.41) is 0. The van der Waals surface area contributed by atoms with E-state index in [0.717, 1.165) is 0 Å². The first-order valence-electron chi connectivity index (χ1n) is 22.2. The number of rotatable bonds is 24. The molecule has 0 aromatic heterocycles. The van der Waals surface area contributed by atoms with Crippen LogP contribution in [0, 0.1) is 0 Å². The largest absolute Gasteiger partial charge is 0.901 e. The van der Waals surface area contributed by atoms with Crippen LogP contribution < -0.4 is 39.8 Å². The molecule has 0 atom stereocenters. The third kappa shape index (κ3) is 13.8. The molecule has 0 aliphatic rings. The van der Waals surface area contributed by atoms with Gasteiger partial charge in [-0.1, -0.05) is 164 Å². The van der Waals surface area contributed by atoms with Crippen molar-refractivity contribution in [1.29, 1.82) is 0 Å². The zero-order chi connectivity index (χ0) is 48.5. The summed E-state index contributed by atoms with van der Waals surface area (Å²) in [5.74, 6) is 1.82. The Hall–Kier alpha value is -8.06. The minimum atomic E-state index is -5.76. The molecule has 9 aromatic rings. The number of benzene rings is 9. The van der Waals surface area contributed by atoms with Crippen molar-refractivity contribution in [1.82, 2.24) is 0 Å². The van der Waals surface area contributed by atoms with Crippen LogP contribution in [0.3, 0.4) is 0 Å². The van der Waals surface area contributed by atoms with Gasteiger partial charge < -0.3 is 39.8 Å². The van der Waals surface area contributed by atoms with E-state index in [9.17, 15) is 0 Å². The summed E-state index contributed by atoms with van der Waals surface area (Å²) in [6.45, 7) is 0. The highest BCUT2D eigenvalue weighted by Crippen LogP contribution is 2.57. The van der Waals surface area contributed by atoms with Crippen LogP contribution in [0.4, 0.5) is 0 Å². The van der Waals surface area contributed by atoms with Crippen molar-refractivity contribution < 1.29 is 57.0 Å². The fourth-order valence-electron chi connectivity index (χ4n) is 6.52. The molecule has 0 bridgehead atoms. The number of phosphoric acid groups is 1. The van der Waals surface area contributed by atoms with Gasteiger partial charge in [0, 0.05) is 0 Å². The van der Waals surface area contributed by atoms with Gasteiger partial charge in [0.05, 0.1) is 0 Å². The van der Waals surface area contributed by atoms with Crippen LogP contribution >= 0.6 is 7.82 Å². The van der Waals surface area contributed by atoms with Gasteiger partial charge in [0.1, 0.15) is 51.7 Å². The van der Waals surface area contributed by atoms with Crippen LogP contribution in [-0.4, -0.2) is 27.1 Å². The van der Waals surface area contributed by atoms with Crippen molar-refractivity contribution in [2.45, 2.75) is 0 Å². The molecule has 9 rings (SSSR count). The second-order valence-electron chi connectivity index (χ2n) is 15.0. The first kappa shape index (κ1) is 48.0. The predicted octanol–water partition coefficient (Wildman–Crippen LogP) is 13.2. The SMILES string of the molecule is O=P(O[Si](Oc1ccccc1)(Oc1ccccc1)Oc1ccccc1)(O[Si](Oc1ccccc1)(Oc1ccccc1)Oc1ccccc1)O[Si](Oc1ccccc1)(Oc1ccccc1)Oc1ccccc1. The smallest absolute Gasteiger partial charge is 0.461 e. The van der Waals surface area contributed by atoms with E-state index in [4.69, 9.17) is 52.5 Å². The highest BCUT2D eigenvalue weighted by Gasteiger charge is 2.72. The third-order valence-electron chi connectivity index (χ3n) is 9.55. The Morgan fingerprint density at radius 3 is 0.423 bits per heavy atom. The molecule has 0 aliphatic carbocycles. The molecule has 0 unspecified atom stereocenters. The summed E-state index contributed by atoms with van der Waals surface area (Å²) in [6, 6.07) is 77.4. The second-order valence-corrected chi connectivity index (χ2v) is 22.9. The van der Waals surface area contributed by atoms with Crippen LogP contribution in [0.15, 0.2) is 273 Å². The molecule has 17 heteroatoms. The summed E-state index contributed by atoms with van der Waals surface area (Å²) in [6.07, 6.45) is 0. The molecule has 356 valence electrons. The number of hydrogen-bond acceptors (Lipinski definition) is 13. The van der Waals surface area contributed by atoms with Gasteiger partial charge in [-0.25, -0.2) is 17.2 Å². The van der Waals surface area contributed by atoms with Gasteiger partial charge in [-0.3, -0.25) is 0 Å². The van der Waals surface area contributed by atoms with Gasteiger partial charge in [-0.15, -0.1) is 0 Å². The maximum Gasteiger partial charge on any atom is 0.901 e. The lowest BCUT2D eigenvalue weighted by atomic mass is 10.3. The normalized spacial score (nSPS) is 11.6. The molecule has 0 N–H and O–H groups in total. The van der Waals surface area contributed by atoms with Gasteiger partial charge >= 0.3 is 35.0 Å². The fraction of sp³-hybridized carbons (Fsp3) is 0. The monoisotopic (exact) mass is 1020 g/mol. The van der Waals surface area contributed by atoms with E-state index in [0.29, 0.717) is 0 Å². The Morgan fingerprint density at radius 2 is 0.310 bits per heavy atom. The molecule has 9 aromatic carbocycles. The zero-order valence-corrected chi connectivity index (χ0v) is 41.6. The molecular formula is C54H45O13PSi3. The molecule has 0 radical (unpaired) electrons. The molecule has 0 saturated carbocycles. The lowest BCUT2D eigenvalue weighted by molar-refractivity contribution is 0.0816. The van der Waals surface area contributed by atoms with E-state index in [-0.39, 0.29) is 51.7 Å². The van der Waals surface area contributed by atoms with E-state index in [2.05, 4.69) is 0 Å². The quantitative estimate of drug-likeness (QED) is 0.0421. The van der Waals surface area contributed by atoms with Crippen LogP contribution in [-0.2, 0) is 17.2 Å². The maximum atomic E-state index is 17.3. The van der Waals surface area contributed by atoms with Gasteiger partial charge in [-0.2, -0.15) is 0 Å². The fourth-order valence-corrected chi connectivity index (χ4v) is 16.8. The first-order chi connectivity index (χ1) is 34.8. The summed E-state index contributed by atoms with van der Waals surface area (Å²) in [7, 11) is -21.4. The van der Waals surface area contributed by atoms with Crippen molar-refractivity contribution in [3.05, 3.63) is 273 Å². The minimum Gasteiger partial charge on any atom is -0.461 e. The highest BCUT2D eigenvalue weighted by molar-refractivity contribution is 7.53. The van der Waals surface area contributed by atoms with Crippen molar-refractivity contribution in [3.63, 3.8) is 0 Å². The molecule has 0 saturated heterocycles. The Labute approximate surface area is 414 Å². The zero-order valence-electron chi connectivity index (χ0n) is 37.7. The molecule has 0 amide bonds. The average molecular weight is 1020 g/mol.